The van der Waals surface area contributed by atoms with Gasteiger partial charge in [0, 0.05) is 5.02 Å². The fraction of sp³-hybridized carbons (Fsp3) is 0.286. The van der Waals surface area contributed by atoms with Crippen LogP contribution in [0.4, 0.5) is 13.2 Å². The standard InChI is InChI=1S/C21H20ClF3N4O/c1-3-5-17(18-6-4-7-19(27-18)21(23,24)25)28-20(30)16-12-26-29(13(16)2)15-10-8-14(22)9-11-15/h4,6-12,17H,3,5H2,1-2H3,(H,28,30). The van der Waals surface area contributed by atoms with Gasteiger partial charge in [-0.15, -0.1) is 0 Å². The molecule has 0 aliphatic rings. The van der Waals surface area contributed by atoms with Gasteiger partial charge in [-0.3, -0.25) is 4.79 Å². The molecule has 1 atom stereocenters. The SMILES string of the molecule is CCCC(NC(=O)c1cnn(-c2ccc(Cl)cc2)c1C)c1cccc(C(F)(F)F)n1. The number of pyridine rings is 1. The number of hydrogen-bond acceptors (Lipinski definition) is 3. The molecule has 0 spiro atoms. The summed E-state index contributed by atoms with van der Waals surface area (Å²) in [5.74, 6) is -0.426. The molecule has 1 amide bonds. The van der Waals surface area contributed by atoms with Gasteiger partial charge in [0.2, 0.25) is 0 Å². The maximum Gasteiger partial charge on any atom is 0.433 e. The number of benzene rings is 1. The molecule has 1 aromatic carbocycles. The highest BCUT2D eigenvalue weighted by Crippen LogP contribution is 2.29. The molecule has 5 nitrogen and oxygen atoms in total. The van der Waals surface area contributed by atoms with E-state index in [2.05, 4.69) is 15.4 Å². The van der Waals surface area contributed by atoms with Gasteiger partial charge in [0.15, 0.2) is 0 Å². The van der Waals surface area contributed by atoms with Gasteiger partial charge in [0.25, 0.3) is 5.91 Å². The summed E-state index contributed by atoms with van der Waals surface area (Å²) in [6, 6.07) is 10.0. The first-order chi connectivity index (χ1) is 14.2. The van der Waals surface area contributed by atoms with E-state index < -0.39 is 23.8 Å². The number of carbonyl (C=O) groups is 1. The van der Waals surface area contributed by atoms with Crippen LogP contribution in [0.3, 0.4) is 0 Å². The first kappa shape index (κ1) is 21.8. The molecule has 0 fully saturated rings. The minimum atomic E-state index is -4.55. The normalized spacial score (nSPS) is 12.6. The second kappa shape index (κ2) is 8.87. The molecule has 0 saturated heterocycles. The molecule has 3 aromatic rings. The Balaban J connectivity index is 1.85. The maximum atomic E-state index is 13.0. The van der Waals surface area contributed by atoms with Crippen molar-refractivity contribution in [3.8, 4) is 5.69 Å². The first-order valence-corrected chi connectivity index (χ1v) is 9.74. The average Bonchev–Trinajstić information content (AvgIpc) is 3.09. The lowest BCUT2D eigenvalue weighted by molar-refractivity contribution is -0.141. The molecule has 30 heavy (non-hydrogen) atoms. The molecule has 0 aliphatic carbocycles. The second-order valence-corrected chi connectivity index (χ2v) is 7.23. The lowest BCUT2D eigenvalue weighted by Crippen LogP contribution is -2.30. The van der Waals surface area contributed by atoms with Crippen molar-refractivity contribution in [1.82, 2.24) is 20.1 Å². The molecule has 0 radical (unpaired) electrons. The number of hydrogen-bond donors (Lipinski definition) is 1. The zero-order valence-electron chi connectivity index (χ0n) is 16.4. The molecule has 2 aromatic heterocycles. The summed E-state index contributed by atoms with van der Waals surface area (Å²) in [5, 5.41) is 7.64. The van der Waals surface area contributed by atoms with Gasteiger partial charge in [0.05, 0.1) is 34.9 Å². The molecule has 0 aliphatic heterocycles. The Morgan fingerprint density at radius 2 is 1.90 bits per heavy atom. The number of amides is 1. The van der Waals surface area contributed by atoms with E-state index >= 15 is 0 Å². The van der Waals surface area contributed by atoms with Crippen molar-refractivity contribution >= 4 is 17.5 Å². The summed E-state index contributed by atoms with van der Waals surface area (Å²) < 4.78 is 40.7. The van der Waals surface area contributed by atoms with Crippen molar-refractivity contribution < 1.29 is 18.0 Å². The molecule has 0 bridgehead atoms. The zero-order valence-corrected chi connectivity index (χ0v) is 17.1. The van der Waals surface area contributed by atoms with Crippen LogP contribution in [0.1, 0.15) is 53.2 Å². The van der Waals surface area contributed by atoms with Crippen LogP contribution in [-0.4, -0.2) is 20.7 Å². The summed E-state index contributed by atoms with van der Waals surface area (Å²) >= 11 is 5.91. The topological polar surface area (TPSA) is 59.8 Å². The first-order valence-electron chi connectivity index (χ1n) is 9.36. The van der Waals surface area contributed by atoms with Gasteiger partial charge in [-0.2, -0.15) is 18.3 Å². The van der Waals surface area contributed by atoms with Crippen molar-refractivity contribution in [2.45, 2.75) is 38.9 Å². The Kier molecular flexibility index (Phi) is 6.45. The van der Waals surface area contributed by atoms with Gasteiger partial charge < -0.3 is 5.32 Å². The Bertz CT molecular complexity index is 1030. The number of rotatable bonds is 6. The number of nitrogens with one attached hydrogen (secondary N) is 1. The van der Waals surface area contributed by atoms with Crippen LogP contribution in [0.2, 0.25) is 5.02 Å². The van der Waals surface area contributed by atoms with Gasteiger partial charge in [-0.05, 0) is 49.7 Å². The Morgan fingerprint density at radius 1 is 1.20 bits per heavy atom. The van der Waals surface area contributed by atoms with E-state index in [4.69, 9.17) is 11.6 Å². The molecule has 9 heteroatoms. The molecule has 1 N–H and O–H groups in total. The summed E-state index contributed by atoms with van der Waals surface area (Å²) in [7, 11) is 0. The number of halogens is 4. The van der Waals surface area contributed by atoms with E-state index in [1.165, 1.54) is 18.3 Å². The van der Waals surface area contributed by atoms with Gasteiger partial charge in [-0.1, -0.05) is 31.0 Å². The lowest BCUT2D eigenvalue weighted by atomic mass is 10.1. The molecule has 0 saturated carbocycles. The van der Waals surface area contributed by atoms with Crippen LogP contribution in [0.5, 0.6) is 0 Å². The maximum absolute atomic E-state index is 13.0. The lowest BCUT2D eigenvalue weighted by Gasteiger charge is -2.19. The number of carbonyl (C=O) groups excluding carboxylic acids is 1. The van der Waals surface area contributed by atoms with E-state index in [-0.39, 0.29) is 5.69 Å². The third-order valence-corrected chi connectivity index (χ3v) is 4.88. The minimum absolute atomic E-state index is 0.169. The van der Waals surface area contributed by atoms with Crippen molar-refractivity contribution in [2.75, 3.05) is 0 Å². The monoisotopic (exact) mass is 436 g/mol. The Labute approximate surface area is 176 Å². The predicted octanol–water partition coefficient (Wildman–Crippen LogP) is 5.52. The van der Waals surface area contributed by atoms with Crippen LogP contribution in [-0.2, 0) is 6.18 Å². The fourth-order valence-corrected chi connectivity index (χ4v) is 3.22. The van der Waals surface area contributed by atoms with Crippen LogP contribution in [0.15, 0.2) is 48.7 Å². The summed E-state index contributed by atoms with van der Waals surface area (Å²) in [6.45, 7) is 3.63. The van der Waals surface area contributed by atoms with Crippen LogP contribution >= 0.6 is 11.6 Å². The van der Waals surface area contributed by atoms with E-state index in [9.17, 15) is 18.0 Å². The summed E-state index contributed by atoms with van der Waals surface area (Å²) in [4.78, 5) is 16.6. The van der Waals surface area contributed by atoms with Crippen molar-refractivity contribution in [3.63, 3.8) is 0 Å². The fourth-order valence-electron chi connectivity index (χ4n) is 3.10. The summed E-state index contributed by atoms with van der Waals surface area (Å²) in [6.07, 6.45) is -2.01. The third-order valence-electron chi connectivity index (χ3n) is 4.63. The third kappa shape index (κ3) is 4.81. The van der Waals surface area contributed by atoms with Gasteiger partial charge in [-0.25, -0.2) is 9.67 Å². The molecule has 2 heterocycles. The quantitative estimate of drug-likeness (QED) is 0.553. The van der Waals surface area contributed by atoms with Crippen LogP contribution < -0.4 is 5.32 Å². The van der Waals surface area contributed by atoms with Crippen molar-refractivity contribution in [3.05, 3.63) is 76.3 Å². The van der Waals surface area contributed by atoms with Crippen molar-refractivity contribution in [2.24, 2.45) is 0 Å². The predicted molar refractivity (Wildman–Crippen MR) is 108 cm³/mol. The van der Waals surface area contributed by atoms with E-state index in [0.717, 1.165) is 11.8 Å². The Hall–Kier alpha value is -2.87. The van der Waals surface area contributed by atoms with Crippen LogP contribution in [0, 0.1) is 6.92 Å². The van der Waals surface area contributed by atoms with Crippen molar-refractivity contribution in [1.29, 1.82) is 0 Å². The summed E-state index contributed by atoms with van der Waals surface area (Å²) in [5.41, 5.74) is 0.852. The molecular weight excluding hydrogens is 417 g/mol. The molecular formula is C21H20ClF3N4O. The largest absolute Gasteiger partial charge is 0.433 e. The zero-order chi connectivity index (χ0) is 21.9. The van der Waals surface area contributed by atoms with E-state index in [1.54, 1.807) is 35.9 Å². The molecule has 158 valence electrons. The molecule has 1 unspecified atom stereocenters. The van der Waals surface area contributed by atoms with Gasteiger partial charge in [0.1, 0.15) is 5.69 Å². The number of alkyl halides is 3. The number of nitrogens with zero attached hydrogens (tertiary/aromatic N) is 3. The minimum Gasteiger partial charge on any atom is -0.344 e. The van der Waals surface area contributed by atoms with Crippen LogP contribution in [0.25, 0.3) is 5.69 Å². The highest BCUT2D eigenvalue weighted by atomic mass is 35.5. The van der Waals surface area contributed by atoms with E-state index in [1.807, 2.05) is 6.92 Å². The Morgan fingerprint density at radius 3 is 2.53 bits per heavy atom. The number of aromatic nitrogens is 3. The van der Waals surface area contributed by atoms with E-state index in [0.29, 0.717) is 29.1 Å². The van der Waals surface area contributed by atoms with Gasteiger partial charge >= 0.3 is 6.18 Å². The highest BCUT2D eigenvalue weighted by Gasteiger charge is 2.33. The smallest absolute Gasteiger partial charge is 0.344 e. The second-order valence-electron chi connectivity index (χ2n) is 6.79. The average molecular weight is 437 g/mol. The highest BCUT2D eigenvalue weighted by molar-refractivity contribution is 6.30. The molecule has 3 rings (SSSR count).